The van der Waals surface area contributed by atoms with Crippen LogP contribution in [0, 0.1) is 5.41 Å². The minimum absolute atomic E-state index is 0.0656. The second-order valence-electron chi connectivity index (χ2n) is 7.18. The molecule has 1 saturated heterocycles. The Labute approximate surface area is 120 Å². The molecule has 6 nitrogen and oxygen atoms in total. The number of β-amino-alcohol motifs (C(OH)–C–C–N with tert-alkyl or cyclic N) is 1. The first-order chi connectivity index (χ1) is 8.98. The van der Waals surface area contributed by atoms with Crippen LogP contribution in [-0.4, -0.2) is 51.8 Å². The van der Waals surface area contributed by atoms with Crippen LogP contribution in [0.15, 0.2) is 0 Å². The third-order valence-corrected chi connectivity index (χ3v) is 3.35. The molecular weight excluding hydrogens is 260 g/mol. The molecule has 116 valence electrons. The van der Waals surface area contributed by atoms with Gasteiger partial charge in [0.05, 0.1) is 18.6 Å². The molecule has 20 heavy (non-hydrogen) atoms. The van der Waals surface area contributed by atoms with Crippen molar-refractivity contribution in [3.63, 3.8) is 0 Å². The number of hydrogen-bond donors (Lipinski definition) is 3. The van der Waals surface area contributed by atoms with E-state index in [9.17, 15) is 14.7 Å². The summed E-state index contributed by atoms with van der Waals surface area (Å²) in [5.74, 6) is -0.923. The molecule has 1 aliphatic heterocycles. The molecule has 2 unspecified atom stereocenters. The number of nitrogens with zero attached hydrogens (tertiary/aromatic N) is 1. The number of urea groups is 1. The lowest BCUT2D eigenvalue weighted by Crippen LogP contribution is -2.46. The first-order valence-electron chi connectivity index (χ1n) is 6.98. The van der Waals surface area contributed by atoms with E-state index in [-0.39, 0.29) is 24.4 Å². The number of carboxylic acid groups (broad SMARTS) is 1. The number of carbonyl (C=O) groups is 2. The van der Waals surface area contributed by atoms with Crippen LogP contribution in [0.1, 0.15) is 47.0 Å². The third kappa shape index (κ3) is 5.77. The molecule has 1 rings (SSSR count). The number of carbonyl (C=O) groups excluding carboxylic acids is 1. The van der Waals surface area contributed by atoms with Crippen molar-refractivity contribution in [3.8, 4) is 0 Å². The summed E-state index contributed by atoms with van der Waals surface area (Å²) in [6.07, 6.45) is 1.05. The Balaban J connectivity index is 2.60. The van der Waals surface area contributed by atoms with E-state index in [2.05, 4.69) is 5.32 Å². The summed E-state index contributed by atoms with van der Waals surface area (Å²) in [6, 6.07) is -0.691. The summed E-state index contributed by atoms with van der Waals surface area (Å²) >= 11 is 0. The summed E-state index contributed by atoms with van der Waals surface area (Å²) in [5, 5.41) is 21.6. The average molecular weight is 286 g/mol. The minimum Gasteiger partial charge on any atom is -0.481 e. The van der Waals surface area contributed by atoms with Crippen LogP contribution in [0.3, 0.4) is 0 Å². The summed E-state index contributed by atoms with van der Waals surface area (Å²) in [4.78, 5) is 24.6. The lowest BCUT2D eigenvalue weighted by Gasteiger charge is -2.28. The second-order valence-corrected chi connectivity index (χ2v) is 7.18. The van der Waals surface area contributed by atoms with Crippen LogP contribution in [0.2, 0.25) is 0 Å². The number of aliphatic hydroxyl groups is 1. The van der Waals surface area contributed by atoms with E-state index < -0.39 is 17.6 Å². The predicted molar refractivity (Wildman–Crippen MR) is 75.5 cm³/mol. The van der Waals surface area contributed by atoms with Crippen molar-refractivity contribution in [2.45, 2.75) is 58.6 Å². The Bertz CT molecular complexity index is 374. The van der Waals surface area contributed by atoms with Gasteiger partial charge in [-0.15, -0.1) is 0 Å². The monoisotopic (exact) mass is 286 g/mol. The SMILES string of the molecule is CC(C)(C)CC(CC(=O)O)NC(=O)N1CCC(C)(O)C1. The molecule has 3 N–H and O–H groups in total. The normalized spacial score (nSPS) is 24.6. The van der Waals surface area contributed by atoms with Gasteiger partial charge in [0.1, 0.15) is 0 Å². The molecule has 1 heterocycles. The standard InChI is InChI=1S/C14H26N2O4/c1-13(2,3)8-10(7-11(17)18)15-12(19)16-6-5-14(4,20)9-16/h10,20H,5-9H2,1-4H3,(H,15,19)(H,17,18). The fourth-order valence-corrected chi connectivity index (χ4v) is 2.51. The highest BCUT2D eigenvalue weighted by atomic mass is 16.4. The molecule has 0 aromatic heterocycles. The van der Waals surface area contributed by atoms with Crippen molar-refractivity contribution >= 4 is 12.0 Å². The summed E-state index contributed by atoms with van der Waals surface area (Å²) < 4.78 is 0. The van der Waals surface area contributed by atoms with E-state index in [0.29, 0.717) is 19.4 Å². The summed E-state index contributed by atoms with van der Waals surface area (Å²) in [6.45, 7) is 8.50. The van der Waals surface area contributed by atoms with Gasteiger partial charge in [-0.3, -0.25) is 4.79 Å². The van der Waals surface area contributed by atoms with Crippen molar-refractivity contribution in [1.82, 2.24) is 10.2 Å². The van der Waals surface area contributed by atoms with Crippen molar-refractivity contribution in [2.24, 2.45) is 5.41 Å². The average Bonchev–Trinajstić information content (AvgIpc) is 2.55. The van der Waals surface area contributed by atoms with Gasteiger partial charge in [0, 0.05) is 12.6 Å². The summed E-state index contributed by atoms with van der Waals surface area (Å²) in [5.41, 5.74) is -0.909. The Kier molecular flexibility index (Phi) is 5.02. The van der Waals surface area contributed by atoms with Crippen LogP contribution < -0.4 is 5.32 Å². The van der Waals surface area contributed by atoms with Gasteiger partial charge in [-0.2, -0.15) is 0 Å². The van der Waals surface area contributed by atoms with Crippen LogP contribution in [0.25, 0.3) is 0 Å². The van der Waals surface area contributed by atoms with Crippen molar-refractivity contribution in [2.75, 3.05) is 13.1 Å². The maximum absolute atomic E-state index is 12.1. The highest BCUT2D eigenvalue weighted by Crippen LogP contribution is 2.23. The van der Waals surface area contributed by atoms with Crippen LogP contribution >= 0.6 is 0 Å². The Morgan fingerprint density at radius 1 is 1.40 bits per heavy atom. The van der Waals surface area contributed by atoms with Gasteiger partial charge in [-0.25, -0.2) is 4.79 Å². The molecule has 0 bridgehead atoms. The maximum atomic E-state index is 12.1. The zero-order valence-electron chi connectivity index (χ0n) is 12.8. The van der Waals surface area contributed by atoms with E-state index in [1.54, 1.807) is 6.92 Å². The van der Waals surface area contributed by atoms with Gasteiger partial charge >= 0.3 is 12.0 Å². The first-order valence-corrected chi connectivity index (χ1v) is 6.98. The van der Waals surface area contributed by atoms with Crippen molar-refractivity contribution in [3.05, 3.63) is 0 Å². The number of carboxylic acids is 1. The molecule has 0 aromatic carbocycles. The number of nitrogens with one attached hydrogen (secondary N) is 1. The zero-order chi connectivity index (χ0) is 15.6. The predicted octanol–water partition coefficient (Wildman–Crippen LogP) is 1.43. The van der Waals surface area contributed by atoms with E-state index >= 15 is 0 Å². The molecule has 0 saturated carbocycles. The third-order valence-electron chi connectivity index (χ3n) is 3.35. The zero-order valence-corrected chi connectivity index (χ0v) is 12.8. The largest absolute Gasteiger partial charge is 0.481 e. The molecule has 0 aromatic rings. The topological polar surface area (TPSA) is 89.9 Å². The highest BCUT2D eigenvalue weighted by molar-refractivity contribution is 5.76. The fourth-order valence-electron chi connectivity index (χ4n) is 2.51. The number of amides is 2. The molecule has 6 heteroatoms. The number of likely N-dealkylation sites (tertiary alicyclic amines) is 1. The smallest absolute Gasteiger partial charge is 0.317 e. The Morgan fingerprint density at radius 3 is 2.40 bits per heavy atom. The number of aliphatic carboxylic acids is 1. The second kappa shape index (κ2) is 5.99. The lowest BCUT2D eigenvalue weighted by atomic mass is 9.87. The molecule has 0 aliphatic carbocycles. The Hall–Kier alpha value is -1.30. The van der Waals surface area contributed by atoms with Gasteiger partial charge in [0.25, 0.3) is 0 Å². The van der Waals surface area contributed by atoms with Gasteiger partial charge in [0.15, 0.2) is 0 Å². The van der Waals surface area contributed by atoms with E-state index in [1.807, 2.05) is 20.8 Å². The van der Waals surface area contributed by atoms with Crippen molar-refractivity contribution in [1.29, 1.82) is 0 Å². The molecule has 1 aliphatic rings. The number of hydrogen-bond acceptors (Lipinski definition) is 3. The maximum Gasteiger partial charge on any atom is 0.317 e. The number of rotatable bonds is 4. The summed E-state index contributed by atoms with van der Waals surface area (Å²) in [7, 11) is 0. The lowest BCUT2D eigenvalue weighted by molar-refractivity contribution is -0.137. The van der Waals surface area contributed by atoms with Crippen LogP contribution in [-0.2, 0) is 4.79 Å². The van der Waals surface area contributed by atoms with Crippen LogP contribution in [0.4, 0.5) is 4.79 Å². The van der Waals surface area contributed by atoms with Gasteiger partial charge in [0.2, 0.25) is 0 Å². The van der Waals surface area contributed by atoms with Crippen molar-refractivity contribution < 1.29 is 19.8 Å². The van der Waals surface area contributed by atoms with Gasteiger partial charge in [-0.05, 0) is 25.2 Å². The van der Waals surface area contributed by atoms with Gasteiger partial charge < -0.3 is 20.4 Å². The molecular formula is C14H26N2O4. The molecule has 0 radical (unpaired) electrons. The van der Waals surface area contributed by atoms with E-state index in [4.69, 9.17) is 5.11 Å². The molecule has 0 spiro atoms. The molecule has 2 amide bonds. The molecule has 2 atom stereocenters. The minimum atomic E-state index is -0.923. The van der Waals surface area contributed by atoms with E-state index in [1.165, 1.54) is 4.90 Å². The van der Waals surface area contributed by atoms with E-state index in [0.717, 1.165) is 0 Å². The molecule has 1 fully saturated rings. The highest BCUT2D eigenvalue weighted by Gasteiger charge is 2.35. The quantitative estimate of drug-likeness (QED) is 0.729. The fraction of sp³-hybridized carbons (Fsp3) is 0.857. The van der Waals surface area contributed by atoms with Crippen LogP contribution in [0.5, 0.6) is 0 Å². The Morgan fingerprint density at radius 2 is 2.00 bits per heavy atom. The first kappa shape index (κ1) is 16.8. The van der Waals surface area contributed by atoms with Gasteiger partial charge in [-0.1, -0.05) is 20.8 Å².